The maximum Gasteiger partial charge on any atom is 0.257 e. The smallest absolute Gasteiger partial charge is 0.257 e. The predicted octanol–water partition coefficient (Wildman–Crippen LogP) is 2.50. The van der Waals surface area contributed by atoms with Crippen LogP contribution in [0, 0.1) is 0 Å². The van der Waals surface area contributed by atoms with E-state index >= 15 is 0 Å². The average Bonchev–Trinajstić information content (AvgIpc) is 2.33. The molecule has 1 atom stereocenters. The van der Waals surface area contributed by atoms with E-state index in [1.54, 1.807) is 17.6 Å². The fraction of sp³-hybridized carbons (Fsp3) is 0.833. The van der Waals surface area contributed by atoms with Crippen molar-refractivity contribution in [3.63, 3.8) is 0 Å². The van der Waals surface area contributed by atoms with E-state index in [4.69, 9.17) is 5.84 Å². The van der Waals surface area contributed by atoms with Gasteiger partial charge in [0.25, 0.3) is 6.43 Å². The first kappa shape index (κ1) is 17.0. The predicted molar refractivity (Wildman–Crippen MR) is 72.4 cm³/mol. The van der Waals surface area contributed by atoms with E-state index in [1.165, 1.54) is 0 Å². The molecule has 4 nitrogen and oxygen atoms in total. The highest BCUT2D eigenvalue weighted by Gasteiger charge is 2.11. The normalized spacial score (nSPS) is 13.9. The molecule has 0 aliphatic heterocycles. The molecule has 0 amide bonds. The van der Waals surface area contributed by atoms with Crippen LogP contribution in [0.4, 0.5) is 8.78 Å². The molecule has 0 radical (unpaired) electrons. The van der Waals surface area contributed by atoms with Crippen LogP contribution < -0.4 is 5.84 Å². The molecule has 18 heavy (non-hydrogen) atoms. The molecule has 0 aliphatic rings. The van der Waals surface area contributed by atoms with E-state index in [0.717, 1.165) is 19.3 Å². The quantitative estimate of drug-likeness (QED) is 0.284. The zero-order chi connectivity index (χ0) is 13.8. The highest BCUT2D eigenvalue weighted by Crippen LogP contribution is 2.08. The molecule has 6 heteroatoms. The number of hydrogen-bond acceptors (Lipinski definition) is 3. The first-order valence-electron chi connectivity index (χ1n) is 6.41. The summed E-state index contributed by atoms with van der Waals surface area (Å²) >= 11 is 0. The van der Waals surface area contributed by atoms with Gasteiger partial charge in [-0.2, -0.15) is 0 Å². The molecule has 2 N–H and O–H groups in total. The standard InChI is InChI=1S/C12H24F2N4/c1-3-6-11(18(15)10-16-4-2)7-5-8-17-9-12(13)14/h8,10-12H,3-7,9,15H2,1-2H3. The molecule has 0 aromatic rings. The first-order valence-corrected chi connectivity index (χ1v) is 6.41. The molecule has 1 unspecified atom stereocenters. The van der Waals surface area contributed by atoms with Crippen molar-refractivity contribution in [3.05, 3.63) is 0 Å². The van der Waals surface area contributed by atoms with Crippen LogP contribution in [0.25, 0.3) is 0 Å². The molecule has 0 aromatic heterocycles. The lowest BCUT2D eigenvalue weighted by molar-refractivity contribution is 0.159. The Labute approximate surface area is 108 Å². The summed E-state index contributed by atoms with van der Waals surface area (Å²) < 4.78 is 23.7. The molecule has 0 fully saturated rings. The van der Waals surface area contributed by atoms with Crippen LogP contribution in [0.5, 0.6) is 0 Å². The van der Waals surface area contributed by atoms with Crippen molar-refractivity contribution < 1.29 is 8.78 Å². The number of nitrogens with zero attached hydrogens (tertiary/aromatic N) is 3. The van der Waals surface area contributed by atoms with E-state index in [0.29, 0.717) is 13.0 Å². The second kappa shape index (κ2) is 11.1. The SMILES string of the molecule is CCCC(CCC=NCC(F)F)N(N)C=NCC. The third-order valence-corrected chi connectivity index (χ3v) is 2.44. The van der Waals surface area contributed by atoms with Crippen LogP contribution in [0.1, 0.15) is 39.5 Å². The third-order valence-electron chi connectivity index (χ3n) is 2.44. The highest BCUT2D eigenvalue weighted by molar-refractivity contribution is 5.58. The summed E-state index contributed by atoms with van der Waals surface area (Å²) in [7, 11) is 0. The number of hydrazine groups is 1. The minimum absolute atomic E-state index is 0.184. The molecule has 0 aliphatic carbocycles. The van der Waals surface area contributed by atoms with E-state index in [-0.39, 0.29) is 6.04 Å². The van der Waals surface area contributed by atoms with Gasteiger partial charge in [0, 0.05) is 12.6 Å². The largest absolute Gasteiger partial charge is 0.298 e. The van der Waals surface area contributed by atoms with E-state index in [2.05, 4.69) is 16.9 Å². The lowest BCUT2D eigenvalue weighted by atomic mass is 10.1. The van der Waals surface area contributed by atoms with Gasteiger partial charge in [0.1, 0.15) is 0 Å². The molecular weight excluding hydrogens is 238 g/mol. The van der Waals surface area contributed by atoms with Crippen molar-refractivity contribution in [1.29, 1.82) is 0 Å². The monoisotopic (exact) mass is 262 g/mol. The van der Waals surface area contributed by atoms with Gasteiger partial charge in [-0.3, -0.25) is 15.0 Å². The van der Waals surface area contributed by atoms with Crippen LogP contribution >= 0.6 is 0 Å². The summed E-state index contributed by atoms with van der Waals surface area (Å²) in [6.07, 6.45) is 4.26. The molecule has 0 heterocycles. The highest BCUT2D eigenvalue weighted by atomic mass is 19.3. The van der Waals surface area contributed by atoms with E-state index in [1.807, 2.05) is 6.92 Å². The fourth-order valence-electron chi connectivity index (χ4n) is 1.56. The Hall–Kier alpha value is -1.04. The molecular formula is C12H24F2N4. The average molecular weight is 262 g/mol. The van der Waals surface area contributed by atoms with Gasteiger partial charge in [-0.1, -0.05) is 13.3 Å². The van der Waals surface area contributed by atoms with Crippen molar-refractivity contribution >= 4 is 12.6 Å². The molecule has 106 valence electrons. The summed E-state index contributed by atoms with van der Waals surface area (Å²) in [4.78, 5) is 7.74. The van der Waals surface area contributed by atoms with Crippen LogP contribution in [-0.2, 0) is 0 Å². The Balaban J connectivity index is 4.03. The zero-order valence-corrected chi connectivity index (χ0v) is 11.2. The summed E-state index contributed by atoms with van der Waals surface area (Å²) in [5.74, 6) is 5.87. The van der Waals surface area contributed by atoms with Gasteiger partial charge in [-0.05, 0) is 32.4 Å². The summed E-state index contributed by atoms with van der Waals surface area (Å²) in [5, 5.41) is 1.61. The summed E-state index contributed by atoms with van der Waals surface area (Å²) in [5.41, 5.74) is 0. The Bertz CT molecular complexity index is 244. The number of alkyl halides is 2. The first-order chi connectivity index (χ1) is 8.61. The third kappa shape index (κ3) is 9.04. The maximum absolute atomic E-state index is 11.8. The Morgan fingerprint density at radius 3 is 2.50 bits per heavy atom. The van der Waals surface area contributed by atoms with Crippen molar-refractivity contribution in [1.82, 2.24) is 5.01 Å². The topological polar surface area (TPSA) is 54.0 Å². The van der Waals surface area contributed by atoms with Gasteiger partial charge >= 0.3 is 0 Å². The molecule has 0 saturated carbocycles. The molecule has 0 saturated heterocycles. The van der Waals surface area contributed by atoms with Crippen LogP contribution in [0.2, 0.25) is 0 Å². The van der Waals surface area contributed by atoms with Crippen LogP contribution in [-0.4, -0.2) is 43.1 Å². The minimum Gasteiger partial charge on any atom is -0.298 e. The number of nitrogens with two attached hydrogens (primary N) is 1. The van der Waals surface area contributed by atoms with Crippen LogP contribution in [0.15, 0.2) is 9.98 Å². The van der Waals surface area contributed by atoms with Gasteiger partial charge in [0.2, 0.25) is 0 Å². The number of hydrogen-bond donors (Lipinski definition) is 1. The van der Waals surface area contributed by atoms with Crippen molar-refractivity contribution in [2.45, 2.75) is 52.0 Å². The van der Waals surface area contributed by atoms with E-state index < -0.39 is 13.0 Å². The molecule has 0 spiro atoms. The second-order valence-corrected chi connectivity index (χ2v) is 4.02. The molecule has 0 aromatic carbocycles. The second-order valence-electron chi connectivity index (χ2n) is 4.02. The van der Waals surface area contributed by atoms with Gasteiger partial charge < -0.3 is 0 Å². The maximum atomic E-state index is 11.8. The lowest BCUT2D eigenvalue weighted by Gasteiger charge is -2.24. The Kier molecular flexibility index (Phi) is 10.4. The Morgan fingerprint density at radius 2 is 1.94 bits per heavy atom. The zero-order valence-electron chi connectivity index (χ0n) is 11.2. The fourth-order valence-corrected chi connectivity index (χ4v) is 1.56. The van der Waals surface area contributed by atoms with Gasteiger partial charge in [0.05, 0.1) is 12.9 Å². The molecule has 0 rings (SSSR count). The minimum atomic E-state index is -2.37. The molecule has 0 bridgehead atoms. The van der Waals surface area contributed by atoms with E-state index in [9.17, 15) is 8.78 Å². The van der Waals surface area contributed by atoms with Crippen molar-refractivity contribution in [3.8, 4) is 0 Å². The van der Waals surface area contributed by atoms with Gasteiger partial charge in [0.15, 0.2) is 0 Å². The van der Waals surface area contributed by atoms with Crippen LogP contribution in [0.3, 0.4) is 0 Å². The summed E-state index contributed by atoms with van der Waals surface area (Å²) in [6, 6.07) is 0.184. The number of aliphatic imine (C=N–C) groups is 2. The summed E-state index contributed by atoms with van der Waals surface area (Å²) in [6.45, 7) is 4.31. The lowest BCUT2D eigenvalue weighted by Crippen LogP contribution is -2.40. The van der Waals surface area contributed by atoms with Gasteiger partial charge in [-0.15, -0.1) is 0 Å². The van der Waals surface area contributed by atoms with Gasteiger partial charge in [-0.25, -0.2) is 14.6 Å². The van der Waals surface area contributed by atoms with Crippen molar-refractivity contribution in [2.75, 3.05) is 13.1 Å². The Morgan fingerprint density at radius 1 is 1.22 bits per heavy atom. The number of rotatable bonds is 10. The number of halogens is 2. The van der Waals surface area contributed by atoms with Crippen molar-refractivity contribution in [2.24, 2.45) is 15.8 Å².